The van der Waals surface area contributed by atoms with Crippen molar-refractivity contribution in [3.8, 4) is 5.75 Å². The van der Waals surface area contributed by atoms with Crippen molar-refractivity contribution in [3.05, 3.63) is 42.1 Å². The summed E-state index contributed by atoms with van der Waals surface area (Å²) in [6.07, 6.45) is 4.42. The van der Waals surface area contributed by atoms with Crippen molar-refractivity contribution in [2.75, 3.05) is 20.8 Å². The van der Waals surface area contributed by atoms with Gasteiger partial charge in [-0.1, -0.05) is 18.2 Å². The van der Waals surface area contributed by atoms with Crippen LogP contribution in [0.25, 0.3) is 0 Å². The number of benzene rings is 1. The first kappa shape index (κ1) is 12.0. The summed E-state index contributed by atoms with van der Waals surface area (Å²) in [5.74, 6) is 0.911. The molecule has 0 aromatic heterocycles. The number of nitrogens with zero attached hydrogens (tertiary/aromatic N) is 2. The Labute approximate surface area is 103 Å². The molecule has 0 aliphatic carbocycles. The van der Waals surface area contributed by atoms with Crippen LogP contribution in [-0.4, -0.2) is 36.7 Å². The first-order valence-electron chi connectivity index (χ1n) is 5.94. The Morgan fingerprint density at radius 2 is 2.00 bits per heavy atom. The maximum Gasteiger partial charge on any atom is 0.118 e. The van der Waals surface area contributed by atoms with E-state index < -0.39 is 0 Å². The highest BCUT2D eigenvalue weighted by Crippen LogP contribution is 2.15. The van der Waals surface area contributed by atoms with Gasteiger partial charge in [-0.3, -0.25) is 4.90 Å². The first-order chi connectivity index (χ1) is 8.19. The predicted octanol–water partition coefficient (Wildman–Crippen LogP) is 2.30. The van der Waals surface area contributed by atoms with Crippen LogP contribution in [0.15, 0.2) is 36.5 Å². The van der Waals surface area contributed by atoms with E-state index in [1.165, 1.54) is 5.56 Å². The lowest BCUT2D eigenvalue weighted by Crippen LogP contribution is -2.40. The van der Waals surface area contributed by atoms with Gasteiger partial charge in [0, 0.05) is 12.6 Å². The third-order valence-electron chi connectivity index (χ3n) is 3.22. The van der Waals surface area contributed by atoms with Gasteiger partial charge in [-0.05, 0) is 37.9 Å². The van der Waals surface area contributed by atoms with Gasteiger partial charge < -0.3 is 9.64 Å². The molecule has 3 heteroatoms. The molecule has 0 saturated heterocycles. The molecule has 1 aliphatic heterocycles. The number of methoxy groups -OCH3 is 1. The van der Waals surface area contributed by atoms with Gasteiger partial charge in [0.1, 0.15) is 5.75 Å². The van der Waals surface area contributed by atoms with Crippen molar-refractivity contribution in [1.29, 1.82) is 0 Å². The van der Waals surface area contributed by atoms with Crippen molar-refractivity contribution >= 4 is 0 Å². The fourth-order valence-corrected chi connectivity index (χ4v) is 1.92. The summed E-state index contributed by atoms with van der Waals surface area (Å²) in [4.78, 5) is 4.63. The third-order valence-corrected chi connectivity index (χ3v) is 3.22. The summed E-state index contributed by atoms with van der Waals surface area (Å²) in [7, 11) is 3.84. The van der Waals surface area contributed by atoms with Crippen LogP contribution in [0.1, 0.15) is 12.5 Å². The highest BCUT2D eigenvalue weighted by atomic mass is 16.5. The van der Waals surface area contributed by atoms with Crippen LogP contribution in [0, 0.1) is 0 Å². The molecule has 1 aromatic rings. The second-order valence-electron chi connectivity index (χ2n) is 4.58. The lowest BCUT2D eigenvalue weighted by molar-refractivity contribution is 0.157. The van der Waals surface area contributed by atoms with Crippen LogP contribution in [0.5, 0.6) is 5.75 Å². The second kappa shape index (κ2) is 5.23. The van der Waals surface area contributed by atoms with Gasteiger partial charge in [-0.15, -0.1) is 0 Å². The summed E-state index contributed by atoms with van der Waals surface area (Å²) in [5.41, 5.74) is 1.30. The fraction of sp³-hybridized carbons (Fsp3) is 0.429. The molecule has 0 saturated carbocycles. The highest BCUT2D eigenvalue weighted by molar-refractivity contribution is 5.27. The van der Waals surface area contributed by atoms with Crippen molar-refractivity contribution in [2.24, 2.45) is 0 Å². The molecule has 1 heterocycles. The van der Waals surface area contributed by atoms with E-state index in [4.69, 9.17) is 4.74 Å². The van der Waals surface area contributed by atoms with Gasteiger partial charge in [0.05, 0.1) is 13.8 Å². The van der Waals surface area contributed by atoms with E-state index >= 15 is 0 Å². The summed E-state index contributed by atoms with van der Waals surface area (Å²) in [6.45, 7) is 4.13. The van der Waals surface area contributed by atoms with Crippen LogP contribution in [0.3, 0.4) is 0 Å². The minimum absolute atomic E-state index is 0.530. The fourth-order valence-electron chi connectivity index (χ4n) is 1.92. The zero-order chi connectivity index (χ0) is 12.3. The van der Waals surface area contributed by atoms with Crippen LogP contribution < -0.4 is 4.74 Å². The molecule has 1 aliphatic rings. The molecule has 0 N–H and O–H groups in total. The number of likely N-dealkylation sites (N-methyl/N-ethyl adjacent to an activating group) is 1. The molecule has 0 radical (unpaired) electrons. The van der Waals surface area contributed by atoms with Gasteiger partial charge in [0.25, 0.3) is 0 Å². The van der Waals surface area contributed by atoms with E-state index in [0.29, 0.717) is 6.04 Å². The smallest absolute Gasteiger partial charge is 0.118 e. The molecule has 1 atom stereocenters. The third kappa shape index (κ3) is 3.01. The Hall–Kier alpha value is -1.48. The van der Waals surface area contributed by atoms with Crippen LogP contribution >= 0.6 is 0 Å². The van der Waals surface area contributed by atoms with Crippen LogP contribution in [-0.2, 0) is 6.54 Å². The molecule has 2 rings (SSSR count). The second-order valence-corrected chi connectivity index (χ2v) is 4.58. The van der Waals surface area contributed by atoms with Crippen molar-refractivity contribution < 1.29 is 4.74 Å². The van der Waals surface area contributed by atoms with E-state index in [-0.39, 0.29) is 0 Å². The molecule has 0 bridgehead atoms. The lowest BCUT2D eigenvalue weighted by Gasteiger charge is -2.34. The molecule has 92 valence electrons. The van der Waals surface area contributed by atoms with Crippen LogP contribution in [0.4, 0.5) is 0 Å². The molecule has 17 heavy (non-hydrogen) atoms. The maximum atomic E-state index is 5.15. The van der Waals surface area contributed by atoms with E-state index in [1.807, 2.05) is 12.1 Å². The molecular weight excluding hydrogens is 212 g/mol. The maximum absolute atomic E-state index is 5.15. The minimum atomic E-state index is 0.530. The molecular formula is C14H20N2O. The molecule has 0 amide bonds. The Kier molecular flexibility index (Phi) is 3.69. The van der Waals surface area contributed by atoms with Gasteiger partial charge in [0.15, 0.2) is 0 Å². The van der Waals surface area contributed by atoms with Crippen molar-refractivity contribution in [2.45, 2.75) is 19.5 Å². The van der Waals surface area contributed by atoms with Gasteiger partial charge >= 0.3 is 0 Å². The van der Waals surface area contributed by atoms with E-state index in [1.54, 1.807) is 7.11 Å². The largest absolute Gasteiger partial charge is 0.497 e. The minimum Gasteiger partial charge on any atom is -0.497 e. The van der Waals surface area contributed by atoms with E-state index in [9.17, 15) is 0 Å². The topological polar surface area (TPSA) is 15.7 Å². The first-order valence-corrected chi connectivity index (χ1v) is 5.94. The van der Waals surface area contributed by atoms with Gasteiger partial charge in [-0.2, -0.15) is 0 Å². The monoisotopic (exact) mass is 232 g/mol. The van der Waals surface area contributed by atoms with Crippen LogP contribution in [0.2, 0.25) is 0 Å². The average Bonchev–Trinajstić information content (AvgIpc) is 2.35. The average molecular weight is 232 g/mol. The van der Waals surface area contributed by atoms with E-state index in [0.717, 1.165) is 19.0 Å². The highest BCUT2D eigenvalue weighted by Gasteiger charge is 2.14. The quantitative estimate of drug-likeness (QED) is 0.795. The molecule has 0 fully saturated rings. The summed E-state index contributed by atoms with van der Waals surface area (Å²) in [5, 5.41) is 0. The standard InChI is InChI=1S/C14H20N2O/c1-12-8-9-16(11-15(12)2)10-13-4-6-14(17-3)7-5-13/h4-9,12H,10-11H2,1-3H3. The lowest BCUT2D eigenvalue weighted by atomic mass is 10.2. The Morgan fingerprint density at radius 3 is 2.59 bits per heavy atom. The predicted molar refractivity (Wildman–Crippen MR) is 69.8 cm³/mol. The Bertz CT molecular complexity index is 386. The Morgan fingerprint density at radius 1 is 1.29 bits per heavy atom. The SMILES string of the molecule is COc1ccc(CN2C=CC(C)N(C)C2)cc1. The zero-order valence-electron chi connectivity index (χ0n) is 10.8. The van der Waals surface area contributed by atoms with E-state index in [2.05, 4.69) is 48.2 Å². The van der Waals surface area contributed by atoms with Crippen molar-refractivity contribution in [1.82, 2.24) is 9.80 Å². The van der Waals surface area contributed by atoms with Crippen molar-refractivity contribution in [3.63, 3.8) is 0 Å². The number of hydrogen-bond donors (Lipinski definition) is 0. The zero-order valence-corrected chi connectivity index (χ0v) is 10.8. The molecule has 3 nitrogen and oxygen atoms in total. The van der Waals surface area contributed by atoms with Gasteiger partial charge in [-0.25, -0.2) is 0 Å². The summed E-state index contributed by atoms with van der Waals surface area (Å²) < 4.78 is 5.15. The number of hydrogen-bond acceptors (Lipinski definition) is 3. The number of ether oxygens (including phenoxy) is 1. The summed E-state index contributed by atoms with van der Waals surface area (Å²) in [6, 6.07) is 8.78. The molecule has 1 aromatic carbocycles. The normalized spacial score (nSPS) is 20.6. The summed E-state index contributed by atoms with van der Waals surface area (Å²) >= 11 is 0. The number of rotatable bonds is 3. The Balaban J connectivity index is 1.99. The van der Waals surface area contributed by atoms with Gasteiger partial charge in [0.2, 0.25) is 0 Å². The molecule has 0 spiro atoms. The molecule has 1 unspecified atom stereocenters.